The fourth-order valence-electron chi connectivity index (χ4n) is 4.76. The van der Waals surface area contributed by atoms with Gasteiger partial charge in [0.1, 0.15) is 0 Å². The molecule has 2 aromatic carbocycles. The van der Waals surface area contributed by atoms with Gasteiger partial charge >= 0.3 is 0 Å². The molecule has 1 amide bonds. The molecule has 0 saturated carbocycles. The van der Waals surface area contributed by atoms with Crippen LogP contribution in [-0.4, -0.2) is 66.0 Å². The number of benzene rings is 2. The number of aliphatic hydroxyl groups is 1. The summed E-state index contributed by atoms with van der Waals surface area (Å²) in [5.74, 6) is -1.29. The van der Waals surface area contributed by atoms with Crippen molar-refractivity contribution in [2.75, 3.05) is 39.4 Å². The Morgan fingerprint density at radius 2 is 1.69 bits per heavy atom. The molecule has 0 aromatic heterocycles. The van der Waals surface area contributed by atoms with Crippen LogP contribution < -0.4 is 0 Å². The van der Waals surface area contributed by atoms with Crippen molar-refractivity contribution in [2.24, 2.45) is 0 Å². The lowest BCUT2D eigenvalue weighted by atomic mass is 9.85. The zero-order chi connectivity index (χ0) is 25.7. The number of amides is 1. The third-order valence-electron chi connectivity index (χ3n) is 6.87. The summed E-state index contributed by atoms with van der Waals surface area (Å²) in [6.07, 6.45) is 3.91. The summed E-state index contributed by atoms with van der Waals surface area (Å²) in [5, 5.41) is 10.9. The standard InChI is InChI=1S/C30H36N2O4/c1-30(2,3)24-13-11-23(12-14-24)27-26(25(33)15-10-22-8-5-4-6-9-22)28(34)29(35)32(27)17-7-16-31-18-20-36-21-19-31/h4-6,8-15,27,34H,7,16-21H2,1-3H3/b15-10+. The van der Waals surface area contributed by atoms with Gasteiger partial charge in [-0.05, 0) is 34.6 Å². The van der Waals surface area contributed by atoms with E-state index in [-0.39, 0.29) is 16.8 Å². The molecule has 1 atom stereocenters. The zero-order valence-electron chi connectivity index (χ0n) is 21.4. The Morgan fingerprint density at radius 1 is 1.03 bits per heavy atom. The summed E-state index contributed by atoms with van der Waals surface area (Å²) in [5.41, 5.74) is 2.99. The number of morpholine rings is 1. The second-order valence-corrected chi connectivity index (χ2v) is 10.5. The highest BCUT2D eigenvalue weighted by molar-refractivity contribution is 6.14. The van der Waals surface area contributed by atoms with Gasteiger partial charge in [0.2, 0.25) is 0 Å². The van der Waals surface area contributed by atoms with Gasteiger partial charge in [-0.1, -0.05) is 81.4 Å². The number of carbonyl (C=O) groups is 2. The molecular weight excluding hydrogens is 452 g/mol. The molecule has 2 aliphatic rings. The molecule has 36 heavy (non-hydrogen) atoms. The first-order valence-electron chi connectivity index (χ1n) is 12.7. The van der Waals surface area contributed by atoms with Crippen molar-refractivity contribution >= 4 is 17.8 Å². The lowest BCUT2D eigenvalue weighted by molar-refractivity contribution is -0.129. The van der Waals surface area contributed by atoms with Crippen LogP contribution in [0.3, 0.4) is 0 Å². The van der Waals surface area contributed by atoms with Gasteiger partial charge in [0.25, 0.3) is 5.91 Å². The highest BCUT2D eigenvalue weighted by Crippen LogP contribution is 2.39. The van der Waals surface area contributed by atoms with Crippen molar-refractivity contribution in [2.45, 2.75) is 38.6 Å². The first-order valence-corrected chi connectivity index (χ1v) is 12.7. The monoisotopic (exact) mass is 488 g/mol. The number of ketones is 1. The van der Waals surface area contributed by atoms with Crippen LogP contribution in [0.5, 0.6) is 0 Å². The maximum absolute atomic E-state index is 13.3. The van der Waals surface area contributed by atoms with E-state index in [1.54, 1.807) is 11.0 Å². The van der Waals surface area contributed by atoms with Gasteiger partial charge in [0, 0.05) is 26.2 Å². The minimum absolute atomic E-state index is 0.0169. The Bertz CT molecular complexity index is 1120. The molecule has 2 heterocycles. The van der Waals surface area contributed by atoms with Crippen molar-refractivity contribution in [3.05, 3.63) is 88.7 Å². The van der Waals surface area contributed by atoms with Crippen LogP contribution in [-0.2, 0) is 19.7 Å². The maximum Gasteiger partial charge on any atom is 0.290 e. The molecule has 190 valence electrons. The van der Waals surface area contributed by atoms with E-state index in [1.165, 1.54) is 11.6 Å². The maximum atomic E-state index is 13.3. The topological polar surface area (TPSA) is 70.1 Å². The summed E-state index contributed by atoms with van der Waals surface area (Å²) < 4.78 is 5.42. The van der Waals surface area contributed by atoms with Gasteiger partial charge in [0.05, 0.1) is 24.8 Å². The number of hydrogen-bond acceptors (Lipinski definition) is 5. The number of rotatable bonds is 8. The Kier molecular flexibility index (Phi) is 8.07. The van der Waals surface area contributed by atoms with E-state index in [0.29, 0.717) is 6.54 Å². The SMILES string of the molecule is CC(C)(C)c1ccc(C2C(C(=O)/C=C/c3ccccc3)=C(O)C(=O)N2CCCN2CCOCC2)cc1. The van der Waals surface area contributed by atoms with Gasteiger partial charge in [0.15, 0.2) is 11.5 Å². The normalized spacial score (nSPS) is 19.5. The Labute approximate surface area is 213 Å². The zero-order valence-corrected chi connectivity index (χ0v) is 21.4. The fourth-order valence-corrected chi connectivity index (χ4v) is 4.76. The molecule has 0 aliphatic carbocycles. The number of ether oxygens (including phenoxy) is 1. The van der Waals surface area contributed by atoms with E-state index in [4.69, 9.17) is 4.74 Å². The molecule has 0 radical (unpaired) electrons. The Hall–Kier alpha value is -3.22. The Morgan fingerprint density at radius 3 is 2.33 bits per heavy atom. The molecule has 2 aromatic rings. The molecule has 1 N–H and O–H groups in total. The van der Waals surface area contributed by atoms with Crippen molar-refractivity contribution in [3.63, 3.8) is 0 Å². The van der Waals surface area contributed by atoms with E-state index in [1.807, 2.05) is 54.6 Å². The molecule has 0 bridgehead atoms. The molecule has 1 fully saturated rings. The van der Waals surface area contributed by atoms with Crippen molar-refractivity contribution in [1.29, 1.82) is 0 Å². The summed E-state index contributed by atoms with van der Waals surface area (Å²) in [4.78, 5) is 30.5. The van der Waals surface area contributed by atoms with E-state index >= 15 is 0 Å². The third-order valence-corrected chi connectivity index (χ3v) is 6.87. The number of allylic oxidation sites excluding steroid dienone is 1. The minimum Gasteiger partial charge on any atom is -0.503 e. The van der Waals surface area contributed by atoms with Crippen LogP contribution in [0.2, 0.25) is 0 Å². The predicted molar refractivity (Wildman–Crippen MR) is 142 cm³/mol. The van der Waals surface area contributed by atoms with Crippen molar-refractivity contribution in [3.8, 4) is 0 Å². The van der Waals surface area contributed by atoms with Crippen LogP contribution in [0.15, 0.2) is 72.0 Å². The van der Waals surface area contributed by atoms with Crippen molar-refractivity contribution < 1.29 is 19.4 Å². The van der Waals surface area contributed by atoms with Crippen LogP contribution in [0, 0.1) is 0 Å². The van der Waals surface area contributed by atoms with E-state index in [9.17, 15) is 14.7 Å². The van der Waals surface area contributed by atoms with E-state index in [0.717, 1.165) is 50.4 Å². The fraction of sp³-hybridized carbons (Fsp3) is 0.400. The van der Waals surface area contributed by atoms with Gasteiger partial charge in [-0.15, -0.1) is 0 Å². The smallest absolute Gasteiger partial charge is 0.290 e. The summed E-state index contributed by atoms with van der Waals surface area (Å²) >= 11 is 0. The lowest BCUT2D eigenvalue weighted by Crippen LogP contribution is -2.39. The average Bonchev–Trinajstić information content (AvgIpc) is 3.13. The van der Waals surface area contributed by atoms with Gasteiger partial charge in [-0.2, -0.15) is 0 Å². The second-order valence-electron chi connectivity index (χ2n) is 10.5. The molecule has 0 spiro atoms. The third kappa shape index (κ3) is 5.94. The summed E-state index contributed by atoms with van der Waals surface area (Å²) in [7, 11) is 0. The minimum atomic E-state index is -0.621. The van der Waals surface area contributed by atoms with Gasteiger partial charge < -0.3 is 14.7 Å². The van der Waals surface area contributed by atoms with Gasteiger partial charge in [-0.25, -0.2) is 0 Å². The van der Waals surface area contributed by atoms with Gasteiger partial charge in [-0.3, -0.25) is 14.5 Å². The molecule has 2 aliphatic heterocycles. The first kappa shape index (κ1) is 25.9. The van der Waals surface area contributed by atoms with Crippen molar-refractivity contribution in [1.82, 2.24) is 9.80 Å². The van der Waals surface area contributed by atoms with E-state index < -0.39 is 17.7 Å². The Balaban J connectivity index is 1.60. The highest BCUT2D eigenvalue weighted by atomic mass is 16.5. The first-order chi connectivity index (χ1) is 17.3. The highest BCUT2D eigenvalue weighted by Gasteiger charge is 2.42. The number of aliphatic hydroxyl groups excluding tert-OH is 1. The lowest BCUT2D eigenvalue weighted by Gasteiger charge is -2.30. The second kappa shape index (κ2) is 11.2. The summed E-state index contributed by atoms with van der Waals surface area (Å²) in [6, 6.07) is 16.9. The van der Waals surface area contributed by atoms with E-state index in [2.05, 4.69) is 25.7 Å². The number of hydrogen-bond donors (Lipinski definition) is 1. The molecule has 6 nitrogen and oxygen atoms in total. The molecule has 4 rings (SSSR count). The van der Waals surface area contributed by atoms with Crippen LogP contribution in [0.25, 0.3) is 6.08 Å². The number of carbonyl (C=O) groups excluding carboxylic acids is 2. The molecule has 6 heteroatoms. The van der Waals surface area contributed by atoms with Crippen LogP contribution in [0.1, 0.15) is 49.9 Å². The molecule has 1 unspecified atom stereocenters. The average molecular weight is 489 g/mol. The van der Waals surface area contributed by atoms with Crippen LogP contribution in [0.4, 0.5) is 0 Å². The predicted octanol–water partition coefficient (Wildman–Crippen LogP) is 4.68. The summed E-state index contributed by atoms with van der Waals surface area (Å²) in [6.45, 7) is 10.9. The van der Waals surface area contributed by atoms with Crippen LogP contribution >= 0.6 is 0 Å². The molecule has 1 saturated heterocycles. The number of nitrogens with zero attached hydrogens (tertiary/aromatic N) is 2. The quantitative estimate of drug-likeness (QED) is 0.546. The molecular formula is C30H36N2O4. The largest absolute Gasteiger partial charge is 0.503 e.